The third-order valence-electron chi connectivity index (χ3n) is 6.30. The van der Waals surface area contributed by atoms with Crippen molar-refractivity contribution in [1.29, 1.82) is 0 Å². The number of hydrogen-bond donors (Lipinski definition) is 1. The highest BCUT2D eigenvalue weighted by molar-refractivity contribution is 5.69. The van der Waals surface area contributed by atoms with E-state index in [-0.39, 0.29) is 23.6 Å². The first-order valence-corrected chi connectivity index (χ1v) is 11.6. The molecule has 0 saturated carbocycles. The highest BCUT2D eigenvalue weighted by atomic mass is 19.1. The van der Waals surface area contributed by atoms with E-state index in [2.05, 4.69) is 0 Å². The Hall–Kier alpha value is -3.90. The summed E-state index contributed by atoms with van der Waals surface area (Å²) < 4.78 is 42.9. The molecule has 2 unspecified atom stereocenters. The number of carboxylic acid groups (broad SMARTS) is 1. The molecule has 0 saturated heterocycles. The van der Waals surface area contributed by atoms with Gasteiger partial charge in [-0.05, 0) is 59.5 Å². The second kappa shape index (κ2) is 11.2. The fourth-order valence-corrected chi connectivity index (χ4v) is 4.51. The number of nitrogens with zero attached hydrogens (tertiary/aromatic N) is 1. The van der Waals surface area contributed by atoms with Crippen molar-refractivity contribution in [3.05, 3.63) is 131 Å². The zero-order valence-electron chi connectivity index (χ0n) is 19.7. The molecule has 0 aliphatic heterocycles. The monoisotopic (exact) mass is 489 g/mol. The molecule has 1 N–H and O–H groups in total. The Morgan fingerprint density at radius 1 is 0.806 bits per heavy atom. The van der Waals surface area contributed by atoms with E-state index in [0.717, 1.165) is 23.3 Å². The van der Waals surface area contributed by atoms with E-state index < -0.39 is 29.5 Å². The fraction of sp³-hybridized carbons (Fsp3) is 0.167. The number of rotatable bonds is 9. The van der Waals surface area contributed by atoms with E-state index in [4.69, 9.17) is 0 Å². The molecule has 0 aliphatic carbocycles. The van der Waals surface area contributed by atoms with Crippen LogP contribution >= 0.6 is 0 Å². The Bertz CT molecular complexity index is 1330. The third kappa shape index (κ3) is 6.01. The van der Waals surface area contributed by atoms with E-state index in [0.29, 0.717) is 12.1 Å². The Morgan fingerprint density at radius 2 is 1.47 bits per heavy atom. The van der Waals surface area contributed by atoms with E-state index >= 15 is 0 Å². The van der Waals surface area contributed by atoms with Crippen molar-refractivity contribution in [3.8, 4) is 11.1 Å². The molecule has 0 heterocycles. The summed E-state index contributed by atoms with van der Waals surface area (Å²) in [6.07, 6.45) is -0.293. The van der Waals surface area contributed by atoms with Gasteiger partial charge in [-0.1, -0.05) is 60.7 Å². The first-order valence-electron chi connectivity index (χ1n) is 11.6. The van der Waals surface area contributed by atoms with Gasteiger partial charge in [0.25, 0.3) is 0 Å². The molecule has 0 amide bonds. The molecule has 0 fully saturated rings. The first-order chi connectivity index (χ1) is 17.3. The van der Waals surface area contributed by atoms with Crippen molar-refractivity contribution < 1.29 is 23.1 Å². The smallest absolute Gasteiger partial charge is 0.305 e. The summed E-state index contributed by atoms with van der Waals surface area (Å²) >= 11 is 0. The Morgan fingerprint density at radius 3 is 2.11 bits per heavy atom. The molecule has 4 aromatic rings. The number of carboxylic acids is 1. The molecule has 4 aromatic carbocycles. The molecule has 6 heteroatoms. The molecule has 0 aliphatic rings. The van der Waals surface area contributed by atoms with E-state index in [1.807, 2.05) is 72.5 Å². The lowest BCUT2D eigenvalue weighted by Crippen LogP contribution is -2.33. The van der Waals surface area contributed by atoms with Crippen molar-refractivity contribution in [3.63, 3.8) is 0 Å². The minimum atomic E-state index is -1.04. The lowest BCUT2D eigenvalue weighted by atomic mass is 9.93. The van der Waals surface area contributed by atoms with Crippen LogP contribution in [-0.4, -0.2) is 16.0 Å². The van der Waals surface area contributed by atoms with Crippen LogP contribution in [0.4, 0.5) is 13.2 Å². The van der Waals surface area contributed by atoms with E-state index in [1.54, 1.807) is 6.07 Å². The summed E-state index contributed by atoms with van der Waals surface area (Å²) in [6, 6.07) is 25.5. The van der Waals surface area contributed by atoms with Crippen LogP contribution in [0.2, 0.25) is 0 Å². The van der Waals surface area contributed by atoms with Crippen LogP contribution in [0.5, 0.6) is 0 Å². The van der Waals surface area contributed by atoms with Crippen LogP contribution in [0.3, 0.4) is 0 Å². The average Bonchev–Trinajstić information content (AvgIpc) is 2.86. The largest absolute Gasteiger partial charge is 0.481 e. The third-order valence-corrected chi connectivity index (χ3v) is 6.30. The van der Waals surface area contributed by atoms with Gasteiger partial charge in [0.05, 0.1) is 6.42 Å². The standard InChI is InChI=1S/C30H26F3NO2/c1-20(22-10-6-3-7-11-22)34(19-21-8-4-2-5-9-21)29(18-30(35)36)24-14-23(15-26(32)16-24)27-13-12-25(31)17-28(27)33/h2-17,20,29H,18-19H2,1H3,(H,35,36). The fourth-order valence-electron chi connectivity index (χ4n) is 4.51. The van der Waals surface area contributed by atoms with Gasteiger partial charge in [0.2, 0.25) is 0 Å². The van der Waals surface area contributed by atoms with Crippen LogP contribution < -0.4 is 0 Å². The molecule has 184 valence electrons. The number of halogens is 3. The lowest BCUT2D eigenvalue weighted by Gasteiger charge is -2.37. The van der Waals surface area contributed by atoms with E-state index in [1.165, 1.54) is 18.2 Å². The summed E-state index contributed by atoms with van der Waals surface area (Å²) in [5.41, 5.74) is 2.60. The van der Waals surface area contributed by atoms with Gasteiger partial charge >= 0.3 is 5.97 Å². The molecule has 0 radical (unpaired) electrons. The molecular formula is C30H26F3NO2. The van der Waals surface area contributed by atoms with Crippen LogP contribution in [0.25, 0.3) is 11.1 Å². The van der Waals surface area contributed by atoms with Crippen molar-refractivity contribution in [2.24, 2.45) is 0 Å². The van der Waals surface area contributed by atoms with Gasteiger partial charge < -0.3 is 5.11 Å². The van der Waals surface area contributed by atoms with Gasteiger partial charge in [0, 0.05) is 30.3 Å². The lowest BCUT2D eigenvalue weighted by molar-refractivity contribution is -0.138. The molecule has 3 nitrogen and oxygen atoms in total. The van der Waals surface area contributed by atoms with Crippen molar-refractivity contribution in [2.75, 3.05) is 0 Å². The second-order valence-electron chi connectivity index (χ2n) is 8.76. The van der Waals surface area contributed by atoms with Gasteiger partial charge in [0.1, 0.15) is 17.5 Å². The second-order valence-corrected chi connectivity index (χ2v) is 8.76. The molecular weight excluding hydrogens is 463 g/mol. The van der Waals surface area contributed by atoms with Crippen LogP contribution in [0.15, 0.2) is 97.1 Å². The maximum absolute atomic E-state index is 14.9. The molecule has 0 spiro atoms. The van der Waals surface area contributed by atoms with Crippen LogP contribution in [-0.2, 0) is 11.3 Å². The van der Waals surface area contributed by atoms with Gasteiger partial charge in [-0.2, -0.15) is 0 Å². The normalized spacial score (nSPS) is 12.9. The SMILES string of the molecule is CC(c1ccccc1)N(Cc1ccccc1)C(CC(=O)O)c1cc(F)cc(-c2ccc(F)cc2F)c1. The molecule has 0 bridgehead atoms. The van der Waals surface area contributed by atoms with E-state index in [9.17, 15) is 23.1 Å². The maximum atomic E-state index is 14.9. The van der Waals surface area contributed by atoms with Crippen LogP contribution in [0, 0.1) is 17.5 Å². The van der Waals surface area contributed by atoms with Gasteiger partial charge in [-0.3, -0.25) is 9.69 Å². The topological polar surface area (TPSA) is 40.5 Å². The number of aliphatic carboxylic acids is 1. The maximum Gasteiger partial charge on any atom is 0.305 e. The Balaban J connectivity index is 1.83. The summed E-state index contributed by atoms with van der Waals surface area (Å²) in [5.74, 6) is -3.23. The van der Waals surface area contributed by atoms with Crippen molar-refractivity contribution in [1.82, 2.24) is 4.90 Å². The predicted octanol–water partition coefficient (Wildman–Crippen LogP) is 7.55. The minimum Gasteiger partial charge on any atom is -0.481 e. The zero-order valence-corrected chi connectivity index (χ0v) is 19.7. The van der Waals surface area contributed by atoms with Gasteiger partial charge in [-0.15, -0.1) is 0 Å². The molecule has 2 atom stereocenters. The first kappa shape index (κ1) is 25.2. The number of benzene rings is 4. The Labute approximate surface area is 208 Å². The molecule has 36 heavy (non-hydrogen) atoms. The Kier molecular flexibility index (Phi) is 7.86. The van der Waals surface area contributed by atoms with Gasteiger partial charge in [-0.25, -0.2) is 13.2 Å². The van der Waals surface area contributed by atoms with Crippen molar-refractivity contribution in [2.45, 2.75) is 32.0 Å². The highest BCUT2D eigenvalue weighted by Gasteiger charge is 2.29. The number of hydrogen-bond acceptors (Lipinski definition) is 2. The molecule has 0 aromatic heterocycles. The summed E-state index contributed by atoms with van der Waals surface area (Å²) in [4.78, 5) is 14.0. The summed E-state index contributed by atoms with van der Waals surface area (Å²) in [7, 11) is 0. The summed E-state index contributed by atoms with van der Waals surface area (Å²) in [6.45, 7) is 2.39. The average molecular weight is 490 g/mol. The minimum absolute atomic E-state index is 0.0388. The molecule has 4 rings (SSSR count). The predicted molar refractivity (Wildman–Crippen MR) is 134 cm³/mol. The van der Waals surface area contributed by atoms with Crippen LogP contribution in [0.1, 0.15) is 42.1 Å². The van der Waals surface area contributed by atoms with Crippen molar-refractivity contribution >= 4 is 5.97 Å². The number of carbonyl (C=O) groups is 1. The quantitative estimate of drug-likeness (QED) is 0.264. The van der Waals surface area contributed by atoms with Gasteiger partial charge in [0.15, 0.2) is 0 Å². The zero-order chi connectivity index (χ0) is 25.7. The highest BCUT2D eigenvalue weighted by Crippen LogP contribution is 2.37. The summed E-state index contributed by atoms with van der Waals surface area (Å²) in [5, 5.41) is 9.82.